The van der Waals surface area contributed by atoms with E-state index in [1.807, 2.05) is 0 Å². The number of hydrogen-bond acceptors (Lipinski definition) is 2. The molecule has 2 nitrogen and oxygen atoms in total. The van der Waals surface area contributed by atoms with E-state index in [1.54, 1.807) is 14.2 Å². The van der Waals surface area contributed by atoms with Crippen molar-refractivity contribution in [2.24, 2.45) is 0 Å². The second-order valence-corrected chi connectivity index (χ2v) is 6.06. The molecule has 0 heterocycles. The molecule has 0 spiro atoms. The lowest BCUT2D eigenvalue weighted by molar-refractivity contribution is 0.334. The maximum Gasteiger partial charge on any atom is 0.130 e. The SMILES string of the molecule is COC1=c2ccccc2=CCC1c1ccc2ccccc2c1OC. The topological polar surface area (TPSA) is 18.5 Å². The van der Waals surface area contributed by atoms with E-state index in [4.69, 9.17) is 9.47 Å². The Labute approximate surface area is 141 Å². The van der Waals surface area contributed by atoms with Crippen molar-refractivity contribution >= 4 is 22.6 Å². The number of benzene rings is 3. The van der Waals surface area contributed by atoms with Crippen LogP contribution in [-0.4, -0.2) is 14.2 Å². The van der Waals surface area contributed by atoms with Crippen LogP contribution >= 0.6 is 0 Å². The summed E-state index contributed by atoms with van der Waals surface area (Å²) >= 11 is 0. The van der Waals surface area contributed by atoms with E-state index in [1.165, 1.54) is 21.4 Å². The van der Waals surface area contributed by atoms with Gasteiger partial charge in [0, 0.05) is 22.1 Å². The Morgan fingerprint density at radius 3 is 2.46 bits per heavy atom. The molecule has 2 heteroatoms. The van der Waals surface area contributed by atoms with Gasteiger partial charge in [-0.05, 0) is 17.0 Å². The van der Waals surface area contributed by atoms with Gasteiger partial charge >= 0.3 is 0 Å². The predicted octanol–water partition coefficient (Wildman–Crippen LogP) is 3.57. The molecule has 0 radical (unpaired) electrons. The van der Waals surface area contributed by atoms with Crippen molar-refractivity contribution in [1.29, 1.82) is 0 Å². The second kappa shape index (κ2) is 6.04. The Kier molecular flexibility index (Phi) is 3.73. The van der Waals surface area contributed by atoms with Crippen LogP contribution in [0.4, 0.5) is 0 Å². The molecule has 0 saturated carbocycles. The fourth-order valence-electron chi connectivity index (χ4n) is 3.72. The summed E-state index contributed by atoms with van der Waals surface area (Å²) in [5.41, 5.74) is 1.18. The van der Waals surface area contributed by atoms with Crippen LogP contribution in [0.25, 0.3) is 22.6 Å². The number of hydrogen-bond donors (Lipinski definition) is 0. The standard InChI is InChI=1S/C22H20O2/c1-23-21-17-9-5-3-7-15(17)11-13-19(21)20-14-12-16-8-4-6-10-18(16)22(20)24-2/h3-13,20H,14H2,1-2H3. The first-order valence-electron chi connectivity index (χ1n) is 8.22. The highest BCUT2D eigenvalue weighted by atomic mass is 16.5. The third-order valence-corrected chi connectivity index (χ3v) is 4.83. The van der Waals surface area contributed by atoms with E-state index in [-0.39, 0.29) is 5.92 Å². The molecule has 1 unspecified atom stereocenters. The Morgan fingerprint density at radius 2 is 1.62 bits per heavy atom. The molecule has 4 rings (SSSR count). The smallest absolute Gasteiger partial charge is 0.130 e. The first-order valence-corrected chi connectivity index (χ1v) is 8.22. The summed E-state index contributed by atoms with van der Waals surface area (Å²) < 4.78 is 11.6. The molecule has 120 valence electrons. The van der Waals surface area contributed by atoms with Crippen LogP contribution in [0.15, 0.2) is 60.7 Å². The molecule has 1 aliphatic carbocycles. The summed E-state index contributed by atoms with van der Waals surface area (Å²) in [6.45, 7) is 0. The normalized spacial score (nSPS) is 16.4. The minimum absolute atomic E-state index is 0.171. The van der Waals surface area contributed by atoms with E-state index in [0.717, 1.165) is 23.3 Å². The molecule has 0 fully saturated rings. The van der Waals surface area contributed by atoms with Crippen molar-refractivity contribution < 1.29 is 9.47 Å². The Balaban J connectivity index is 1.97. The zero-order valence-electron chi connectivity index (χ0n) is 14.0. The van der Waals surface area contributed by atoms with E-state index >= 15 is 0 Å². The van der Waals surface area contributed by atoms with Crippen LogP contribution in [0.5, 0.6) is 5.75 Å². The van der Waals surface area contributed by atoms with Crippen molar-refractivity contribution in [2.45, 2.75) is 12.3 Å². The van der Waals surface area contributed by atoms with Gasteiger partial charge in [-0.1, -0.05) is 66.7 Å². The lowest BCUT2D eigenvalue weighted by Gasteiger charge is -2.24. The Morgan fingerprint density at radius 1 is 0.833 bits per heavy atom. The first-order chi connectivity index (χ1) is 11.8. The first kappa shape index (κ1) is 14.8. The van der Waals surface area contributed by atoms with Gasteiger partial charge in [0.1, 0.15) is 11.5 Å². The van der Waals surface area contributed by atoms with Gasteiger partial charge in [-0.2, -0.15) is 0 Å². The minimum atomic E-state index is 0.171. The molecule has 1 atom stereocenters. The average Bonchev–Trinajstić information content (AvgIpc) is 2.66. The molecule has 3 aromatic carbocycles. The molecular formula is C22H20O2. The molecule has 0 N–H and O–H groups in total. The van der Waals surface area contributed by atoms with Crippen molar-refractivity contribution in [3.63, 3.8) is 0 Å². The van der Waals surface area contributed by atoms with Crippen molar-refractivity contribution in [3.05, 3.63) is 76.7 Å². The molecule has 0 amide bonds. The van der Waals surface area contributed by atoms with Gasteiger partial charge in [0.05, 0.1) is 14.2 Å². The third-order valence-electron chi connectivity index (χ3n) is 4.83. The Hall–Kier alpha value is -2.74. The van der Waals surface area contributed by atoms with Crippen molar-refractivity contribution in [1.82, 2.24) is 0 Å². The summed E-state index contributed by atoms with van der Waals surface area (Å²) in [5, 5.41) is 4.75. The lowest BCUT2D eigenvalue weighted by atomic mass is 9.86. The molecule has 0 saturated heterocycles. The molecule has 3 aromatic rings. The lowest BCUT2D eigenvalue weighted by Crippen LogP contribution is -2.32. The largest absolute Gasteiger partial charge is 0.500 e. The van der Waals surface area contributed by atoms with Gasteiger partial charge in [0.25, 0.3) is 0 Å². The molecule has 0 aromatic heterocycles. The maximum atomic E-state index is 5.84. The molecule has 0 aliphatic heterocycles. The maximum absolute atomic E-state index is 5.84. The van der Waals surface area contributed by atoms with E-state index in [0.29, 0.717) is 0 Å². The Bertz CT molecular complexity index is 1020. The second-order valence-electron chi connectivity index (χ2n) is 6.06. The van der Waals surface area contributed by atoms with Crippen molar-refractivity contribution in [2.75, 3.05) is 14.2 Å². The number of fused-ring (bicyclic) bond motifs is 2. The zero-order chi connectivity index (χ0) is 16.5. The molecule has 1 aliphatic rings. The summed E-state index contributed by atoms with van der Waals surface area (Å²) in [6, 6.07) is 21.1. The summed E-state index contributed by atoms with van der Waals surface area (Å²) in [7, 11) is 3.51. The summed E-state index contributed by atoms with van der Waals surface area (Å²) in [5.74, 6) is 2.13. The summed E-state index contributed by atoms with van der Waals surface area (Å²) in [4.78, 5) is 0. The fourth-order valence-corrected chi connectivity index (χ4v) is 3.72. The average molecular weight is 316 g/mol. The minimum Gasteiger partial charge on any atom is -0.500 e. The van der Waals surface area contributed by atoms with Crippen LogP contribution in [-0.2, 0) is 4.74 Å². The summed E-state index contributed by atoms with van der Waals surface area (Å²) in [6.07, 6.45) is 3.20. The van der Waals surface area contributed by atoms with Crippen molar-refractivity contribution in [3.8, 4) is 5.75 Å². The zero-order valence-corrected chi connectivity index (χ0v) is 14.0. The number of rotatable bonds is 3. The fraction of sp³-hybridized carbons (Fsp3) is 0.182. The van der Waals surface area contributed by atoms with Crippen LogP contribution < -0.4 is 15.2 Å². The highest BCUT2D eigenvalue weighted by Gasteiger charge is 2.24. The van der Waals surface area contributed by atoms with Gasteiger partial charge in [-0.15, -0.1) is 0 Å². The van der Waals surface area contributed by atoms with Crippen LogP contribution in [0, 0.1) is 0 Å². The number of methoxy groups -OCH3 is 2. The highest BCUT2D eigenvalue weighted by molar-refractivity contribution is 5.90. The third kappa shape index (κ3) is 2.26. The van der Waals surface area contributed by atoms with Gasteiger partial charge in [-0.25, -0.2) is 0 Å². The number of ether oxygens (including phenoxy) is 2. The van der Waals surface area contributed by atoms with Crippen LogP contribution in [0.1, 0.15) is 17.9 Å². The van der Waals surface area contributed by atoms with E-state index in [2.05, 4.69) is 66.7 Å². The van der Waals surface area contributed by atoms with Gasteiger partial charge in [0.15, 0.2) is 0 Å². The van der Waals surface area contributed by atoms with Gasteiger partial charge in [-0.3, -0.25) is 0 Å². The van der Waals surface area contributed by atoms with Gasteiger partial charge in [0.2, 0.25) is 0 Å². The predicted molar refractivity (Wildman–Crippen MR) is 98.4 cm³/mol. The highest BCUT2D eigenvalue weighted by Crippen LogP contribution is 2.40. The molecular weight excluding hydrogens is 296 g/mol. The molecule has 24 heavy (non-hydrogen) atoms. The van der Waals surface area contributed by atoms with Crippen LogP contribution in [0.3, 0.4) is 0 Å². The quantitative estimate of drug-likeness (QED) is 0.735. The van der Waals surface area contributed by atoms with Gasteiger partial charge < -0.3 is 9.47 Å². The van der Waals surface area contributed by atoms with E-state index in [9.17, 15) is 0 Å². The monoisotopic (exact) mass is 316 g/mol. The van der Waals surface area contributed by atoms with Crippen LogP contribution in [0.2, 0.25) is 0 Å². The molecule has 0 bridgehead atoms. The van der Waals surface area contributed by atoms with E-state index < -0.39 is 0 Å².